The Kier molecular flexibility index (Phi) is 15.2. The second-order valence-corrected chi connectivity index (χ2v) is 14.2. The van der Waals surface area contributed by atoms with Crippen LogP contribution >= 0.6 is 0 Å². The topological polar surface area (TPSA) is 165 Å². The molecular formula is C42H52N2O8. The predicted molar refractivity (Wildman–Crippen MR) is 198 cm³/mol. The molecule has 10 heteroatoms. The highest BCUT2D eigenvalue weighted by molar-refractivity contribution is 6.29. The molecule has 10 nitrogen and oxygen atoms in total. The molecule has 0 spiro atoms. The van der Waals surface area contributed by atoms with Crippen LogP contribution < -0.4 is 11.5 Å². The van der Waals surface area contributed by atoms with Gasteiger partial charge in [-0.3, -0.25) is 9.59 Å². The molecule has 52 heavy (non-hydrogen) atoms. The number of carbonyl (C=O) groups excluding carboxylic acids is 4. The van der Waals surface area contributed by atoms with Gasteiger partial charge in [0, 0.05) is 36.8 Å². The molecular weight excluding hydrogens is 660 g/mol. The van der Waals surface area contributed by atoms with Crippen LogP contribution in [0.4, 0.5) is 0 Å². The molecule has 0 aliphatic rings. The zero-order chi connectivity index (χ0) is 37.4. The van der Waals surface area contributed by atoms with Gasteiger partial charge in [0.05, 0.1) is 0 Å². The largest absolute Gasteiger partial charge is 0.458 e. The monoisotopic (exact) mass is 712 g/mol. The molecule has 0 bridgehead atoms. The fourth-order valence-electron chi connectivity index (χ4n) is 5.63. The van der Waals surface area contributed by atoms with Crippen molar-refractivity contribution < 1.29 is 37.5 Å². The third kappa shape index (κ3) is 14.1. The summed E-state index contributed by atoms with van der Waals surface area (Å²) < 4.78 is 21.8. The lowest BCUT2D eigenvalue weighted by Gasteiger charge is -2.25. The van der Waals surface area contributed by atoms with Crippen LogP contribution in [0.25, 0.3) is 0 Å². The van der Waals surface area contributed by atoms with E-state index in [4.69, 9.17) is 29.8 Å². The normalized spacial score (nSPS) is 13.5. The standard InChI is InChI=1S/C42H52N2O8/c1-41(43,27-25-33-21-23-37(51-33)35(45)19-11-9-17-31-13-5-3-6-14-31)29-49-39(47)40(48)50-30-42(2,44)28-26-34-22-24-38(52-34)36(46)20-12-10-18-32-15-7-4-8-16-32/h3-8,13-16,21-24H,9-12,17-20,25-30,43-44H2,1-2H3/t41-,42-/m1/s1. The Morgan fingerprint density at radius 3 is 1.31 bits per heavy atom. The van der Waals surface area contributed by atoms with E-state index in [9.17, 15) is 19.2 Å². The summed E-state index contributed by atoms with van der Waals surface area (Å²) in [5.74, 6) is -0.573. The Morgan fingerprint density at radius 2 is 0.923 bits per heavy atom. The van der Waals surface area contributed by atoms with Crippen molar-refractivity contribution in [2.75, 3.05) is 13.2 Å². The third-order valence-corrected chi connectivity index (χ3v) is 8.91. The number of esters is 2. The second-order valence-electron chi connectivity index (χ2n) is 14.2. The number of hydrogen-bond donors (Lipinski definition) is 2. The molecule has 0 radical (unpaired) electrons. The molecule has 2 heterocycles. The van der Waals surface area contributed by atoms with E-state index in [0.29, 0.717) is 61.6 Å². The van der Waals surface area contributed by atoms with Gasteiger partial charge in [0.15, 0.2) is 23.1 Å². The van der Waals surface area contributed by atoms with Crippen LogP contribution in [0.15, 0.2) is 93.8 Å². The van der Waals surface area contributed by atoms with E-state index < -0.39 is 23.0 Å². The number of rotatable bonds is 22. The van der Waals surface area contributed by atoms with Gasteiger partial charge in [0.25, 0.3) is 0 Å². The third-order valence-electron chi connectivity index (χ3n) is 8.91. The number of benzene rings is 2. The summed E-state index contributed by atoms with van der Waals surface area (Å²) in [5, 5.41) is 0. The van der Waals surface area contributed by atoms with Gasteiger partial charge in [-0.25, -0.2) is 9.59 Å². The number of ketones is 2. The Labute approximate surface area is 306 Å². The van der Waals surface area contributed by atoms with Crippen LogP contribution in [0, 0.1) is 0 Å². The van der Waals surface area contributed by atoms with Crippen LogP contribution in [0.2, 0.25) is 0 Å². The zero-order valence-electron chi connectivity index (χ0n) is 30.4. The van der Waals surface area contributed by atoms with Gasteiger partial charge < -0.3 is 29.8 Å². The highest BCUT2D eigenvalue weighted by atomic mass is 16.6. The number of Topliss-reactive ketones (excluding diaryl/α,β-unsaturated/α-hetero) is 2. The summed E-state index contributed by atoms with van der Waals surface area (Å²) in [4.78, 5) is 49.9. The Balaban J connectivity index is 1.09. The van der Waals surface area contributed by atoms with E-state index in [1.54, 1.807) is 38.1 Å². The molecule has 0 saturated carbocycles. The molecule has 0 aliphatic heterocycles. The van der Waals surface area contributed by atoms with Crippen LogP contribution in [0.1, 0.15) is 109 Å². The highest BCUT2D eigenvalue weighted by Gasteiger charge is 2.28. The fourth-order valence-corrected chi connectivity index (χ4v) is 5.63. The first-order valence-electron chi connectivity index (χ1n) is 18.1. The molecule has 4 rings (SSSR count). The fraction of sp³-hybridized carbons (Fsp3) is 0.429. The first-order chi connectivity index (χ1) is 24.9. The first kappa shape index (κ1) is 40.0. The number of ether oxygens (including phenoxy) is 2. The number of carbonyl (C=O) groups is 4. The van der Waals surface area contributed by atoms with Gasteiger partial charge >= 0.3 is 11.9 Å². The Morgan fingerprint density at radius 1 is 0.538 bits per heavy atom. The van der Waals surface area contributed by atoms with Crippen molar-refractivity contribution in [3.8, 4) is 0 Å². The maximum absolute atomic E-state index is 12.6. The SMILES string of the molecule is C[C@@](N)(CCc1ccc(C(=O)CCCCc2ccccc2)o1)COC(=O)C(=O)OC[C@](C)(N)CCc1ccc(C(=O)CCCCc2ccccc2)o1. The van der Waals surface area contributed by atoms with Crippen LogP contribution in [0.3, 0.4) is 0 Å². The van der Waals surface area contributed by atoms with Crippen molar-refractivity contribution in [1.82, 2.24) is 0 Å². The van der Waals surface area contributed by atoms with Gasteiger partial charge in [-0.1, -0.05) is 60.7 Å². The molecule has 2 aromatic carbocycles. The Bertz CT molecular complexity index is 1590. The van der Waals surface area contributed by atoms with E-state index in [1.165, 1.54) is 11.1 Å². The van der Waals surface area contributed by atoms with Crippen LogP contribution in [-0.4, -0.2) is 47.8 Å². The number of furan rings is 2. The van der Waals surface area contributed by atoms with Gasteiger partial charge in [-0.05, 0) is 101 Å². The molecule has 0 aliphatic carbocycles. The van der Waals surface area contributed by atoms with Crippen molar-refractivity contribution in [2.45, 2.75) is 102 Å². The molecule has 0 fully saturated rings. The number of aryl methyl sites for hydroxylation is 4. The minimum absolute atomic E-state index is 0.0429. The second kappa shape index (κ2) is 19.7. The summed E-state index contributed by atoms with van der Waals surface area (Å²) >= 11 is 0. The van der Waals surface area contributed by atoms with E-state index in [2.05, 4.69) is 24.3 Å². The van der Waals surface area contributed by atoms with Crippen LogP contribution in [0.5, 0.6) is 0 Å². The summed E-state index contributed by atoms with van der Waals surface area (Å²) in [6, 6.07) is 27.2. The molecule has 0 unspecified atom stereocenters. The van der Waals surface area contributed by atoms with Crippen molar-refractivity contribution in [1.29, 1.82) is 0 Å². The summed E-state index contributed by atoms with van der Waals surface area (Å²) in [6.45, 7) is 2.95. The van der Waals surface area contributed by atoms with E-state index in [0.717, 1.165) is 38.5 Å². The van der Waals surface area contributed by atoms with Crippen LogP contribution in [-0.2, 0) is 44.7 Å². The maximum atomic E-state index is 12.6. The average Bonchev–Trinajstić information content (AvgIpc) is 3.83. The van der Waals surface area contributed by atoms with E-state index in [1.807, 2.05) is 36.4 Å². The minimum Gasteiger partial charge on any atom is -0.458 e. The molecule has 0 amide bonds. The van der Waals surface area contributed by atoms with Gasteiger partial charge in [0.1, 0.15) is 24.7 Å². The summed E-state index contributed by atoms with van der Waals surface area (Å²) in [7, 11) is 0. The molecule has 4 N–H and O–H groups in total. The molecule has 2 aromatic heterocycles. The zero-order valence-corrected chi connectivity index (χ0v) is 30.4. The highest BCUT2D eigenvalue weighted by Crippen LogP contribution is 2.20. The summed E-state index contributed by atoms with van der Waals surface area (Å²) in [6.07, 6.45) is 7.64. The van der Waals surface area contributed by atoms with Crippen molar-refractivity contribution in [3.05, 3.63) is 119 Å². The van der Waals surface area contributed by atoms with E-state index in [-0.39, 0.29) is 24.8 Å². The van der Waals surface area contributed by atoms with Gasteiger partial charge in [-0.15, -0.1) is 0 Å². The lowest BCUT2D eigenvalue weighted by Crippen LogP contribution is -2.45. The molecule has 4 aromatic rings. The van der Waals surface area contributed by atoms with Gasteiger partial charge in [0.2, 0.25) is 0 Å². The number of unbranched alkanes of at least 4 members (excludes halogenated alkanes) is 2. The van der Waals surface area contributed by atoms with Gasteiger partial charge in [-0.2, -0.15) is 0 Å². The quantitative estimate of drug-likeness (QED) is 0.0370. The van der Waals surface area contributed by atoms with E-state index >= 15 is 0 Å². The summed E-state index contributed by atoms with van der Waals surface area (Å²) in [5.41, 5.74) is 13.3. The average molecular weight is 713 g/mol. The smallest absolute Gasteiger partial charge is 0.417 e. The Hall–Kier alpha value is -4.80. The van der Waals surface area contributed by atoms with Crippen molar-refractivity contribution >= 4 is 23.5 Å². The number of nitrogens with two attached hydrogens (primary N) is 2. The number of hydrogen-bond acceptors (Lipinski definition) is 10. The molecule has 278 valence electrons. The molecule has 2 atom stereocenters. The minimum atomic E-state index is -1.16. The lowest BCUT2D eigenvalue weighted by molar-refractivity contribution is -0.169. The molecule has 0 saturated heterocycles. The maximum Gasteiger partial charge on any atom is 0.417 e. The van der Waals surface area contributed by atoms with Crippen molar-refractivity contribution in [3.63, 3.8) is 0 Å². The predicted octanol–water partition coefficient (Wildman–Crippen LogP) is 7.15. The first-order valence-corrected chi connectivity index (χ1v) is 18.1. The lowest BCUT2D eigenvalue weighted by atomic mass is 9.97. The van der Waals surface area contributed by atoms with Crippen molar-refractivity contribution in [2.24, 2.45) is 11.5 Å².